The lowest BCUT2D eigenvalue weighted by Gasteiger charge is -2.29. The number of hydrogen-bond donors (Lipinski definition) is 2. The maximum absolute atomic E-state index is 6.10. The molecule has 0 spiro atoms. The molecule has 0 bridgehead atoms. The number of hydrogen-bond acceptors (Lipinski definition) is 2. The normalized spacial score (nSPS) is 16.1. The molecule has 1 fully saturated rings. The molecule has 4 N–H and O–H groups in total. The van der Waals surface area contributed by atoms with Gasteiger partial charge in [0.1, 0.15) is 0 Å². The molecule has 0 aliphatic heterocycles. The summed E-state index contributed by atoms with van der Waals surface area (Å²) in [5.74, 6) is 2.89. The third kappa shape index (κ3) is 11.5. The van der Waals surface area contributed by atoms with Crippen LogP contribution < -0.4 is 11.5 Å². The van der Waals surface area contributed by atoms with Gasteiger partial charge >= 0.3 is 0 Å². The highest BCUT2D eigenvalue weighted by molar-refractivity contribution is 5.45. The first kappa shape index (κ1) is 38.7. The van der Waals surface area contributed by atoms with E-state index in [-0.39, 0.29) is 0 Å². The summed E-state index contributed by atoms with van der Waals surface area (Å²) < 4.78 is 0. The minimum absolute atomic E-state index is 0.401. The molecule has 0 radical (unpaired) electrons. The van der Waals surface area contributed by atoms with Gasteiger partial charge in [0.15, 0.2) is 0 Å². The highest BCUT2D eigenvalue weighted by atomic mass is 14.5. The fraction of sp³-hybridized carbons (Fsp3) is 0.510. The van der Waals surface area contributed by atoms with Crippen LogP contribution in [0.25, 0.3) is 0 Å². The zero-order chi connectivity index (χ0) is 35.8. The minimum atomic E-state index is 0.401. The third-order valence-electron chi connectivity index (χ3n) is 12.2. The van der Waals surface area contributed by atoms with Crippen molar-refractivity contribution in [2.24, 2.45) is 11.8 Å². The second-order valence-electron chi connectivity index (χ2n) is 16.0. The molecular weight excluding hydrogens is 617 g/mol. The molecule has 2 heteroatoms. The Bertz CT molecular complexity index is 1410. The summed E-state index contributed by atoms with van der Waals surface area (Å²) in [6.07, 6.45) is 22.2. The van der Waals surface area contributed by atoms with E-state index in [1.54, 1.807) is 0 Å². The Morgan fingerprint density at radius 3 is 1.12 bits per heavy atom. The molecule has 1 aliphatic rings. The summed E-state index contributed by atoms with van der Waals surface area (Å²) in [5, 5.41) is 0. The summed E-state index contributed by atoms with van der Waals surface area (Å²) in [6, 6.07) is 36.8. The fourth-order valence-corrected chi connectivity index (χ4v) is 8.87. The Labute approximate surface area is 311 Å². The molecule has 4 aromatic carbocycles. The van der Waals surface area contributed by atoms with Crippen LogP contribution in [0.15, 0.2) is 97.1 Å². The number of anilines is 2. The average Bonchev–Trinajstić information content (AvgIpc) is 3.17. The molecular formula is C49H68N2. The highest BCUT2D eigenvalue weighted by Gasteiger charge is 2.24. The molecule has 0 saturated heterocycles. The molecule has 0 amide bonds. The van der Waals surface area contributed by atoms with Gasteiger partial charge in [0.2, 0.25) is 0 Å². The van der Waals surface area contributed by atoms with E-state index in [1.165, 1.54) is 143 Å². The predicted octanol–water partition coefficient (Wildman–Crippen LogP) is 14.2. The van der Waals surface area contributed by atoms with Gasteiger partial charge in [-0.2, -0.15) is 0 Å². The topological polar surface area (TPSA) is 52.0 Å². The van der Waals surface area contributed by atoms with Crippen LogP contribution in [-0.4, -0.2) is 0 Å². The van der Waals surface area contributed by atoms with E-state index in [2.05, 4.69) is 118 Å². The fourth-order valence-electron chi connectivity index (χ4n) is 8.87. The smallest absolute Gasteiger partial charge is 0.0314 e. The van der Waals surface area contributed by atoms with Gasteiger partial charge in [-0.25, -0.2) is 0 Å². The highest BCUT2D eigenvalue weighted by Crippen LogP contribution is 2.39. The lowest BCUT2D eigenvalue weighted by Crippen LogP contribution is -2.16. The molecule has 0 heterocycles. The van der Waals surface area contributed by atoms with Crippen LogP contribution >= 0.6 is 0 Å². The van der Waals surface area contributed by atoms with E-state index in [9.17, 15) is 0 Å². The molecule has 274 valence electrons. The molecule has 5 rings (SSSR count). The summed E-state index contributed by atoms with van der Waals surface area (Å²) in [4.78, 5) is 0. The van der Waals surface area contributed by atoms with E-state index in [0.717, 1.165) is 23.2 Å². The third-order valence-corrected chi connectivity index (χ3v) is 12.2. The second kappa shape index (κ2) is 20.5. The first-order valence-electron chi connectivity index (χ1n) is 20.9. The van der Waals surface area contributed by atoms with Gasteiger partial charge < -0.3 is 11.5 Å². The van der Waals surface area contributed by atoms with Crippen molar-refractivity contribution in [3.8, 4) is 0 Å². The van der Waals surface area contributed by atoms with Crippen molar-refractivity contribution >= 4 is 11.4 Å². The van der Waals surface area contributed by atoms with Crippen LogP contribution in [0.1, 0.15) is 181 Å². The quantitative estimate of drug-likeness (QED) is 0.0719. The molecule has 1 aliphatic carbocycles. The Morgan fingerprint density at radius 1 is 0.431 bits per heavy atom. The van der Waals surface area contributed by atoms with Crippen molar-refractivity contribution in [3.63, 3.8) is 0 Å². The average molecular weight is 685 g/mol. The van der Waals surface area contributed by atoms with E-state index in [4.69, 9.17) is 11.5 Å². The number of rotatable bonds is 20. The van der Waals surface area contributed by atoms with Crippen LogP contribution in [0.5, 0.6) is 0 Å². The van der Waals surface area contributed by atoms with Crippen molar-refractivity contribution in [2.45, 2.75) is 148 Å². The van der Waals surface area contributed by atoms with E-state index in [0.29, 0.717) is 17.8 Å². The van der Waals surface area contributed by atoms with Gasteiger partial charge in [-0.15, -0.1) is 0 Å². The summed E-state index contributed by atoms with van der Waals surface area (Å²) in [5.41, 5.74) is 22.4. The Kier molecular flexibility index (Phi) is 15.6. The lowest BCUT2D eigenvalue weighted by molar-refractivity contribution is 0.247. The number of nitrogen functional groups attached to an aromatic ring is 2. The number of benzene rings is 4. The van der Waals surface area contributed by atoms with Crippen LogP contribution in [0.3, 0.4) is 0 Å². The van der Waals surface area contributed by atoms with Gasteiger partial charge in [0, 0.05) is 29.1 Å². The van der Waals surface area contributed by atoms with Crippen molar-refractivity contribution in [1.29, 1.82) is 0 Å². The molecule has 3 atom stereocenters. The molecule has 2 nitrogen and oxygen atoms in total. The first-order valence-corrected chi connectivity index (χ1v) is 20.9. The van der Waals surface area contributed by atoms with Gasteiger partial charge in [-0.05, 0) is 95.2 Å². The largest absolute Gasteiger partial charge is 0.399 e. The number of nitrogens with two attached hydrogens (primary N) is 2. The maximum Gasteiger partial charge on any atom is 0.0314 e. The van der Waals surface area contributed by atoms with Crippen LogP contribution in [0, 0.1) is 11.8 Å². The monoisotopic (exact) mass is 685 g/mol. The van der Waals surface area contributed by atoms with Gasteiger partial charge in [-0.3, -0.25) is 0 Å². The summed E-state index contributed by atoms with van der Waals surface area (Å²) >= 11 is 0. The van der Waals surface area contributed by atoms with Crippen LogP contribution in [-0.2, 0) is 0 Å². The minimum Gasteiger partial charge on any atom is -0.399 e. The van der Waals surface area contributed by atoms with Gasteiger partial charge in [0.05, 0.1) is 0 Å². The van der Waals surface area contributed by atoms with Crippen molar-refractivity contribution in [1.82, 2.24) is 0 Å². The second-order valence-corrected chi connectivity index (χ2v) is 16.0. The standard InChI is InChI=1S/C49H68N2/c1-4-6-8-13-17-47(43-28-32-45(50)33-29-43)39-20-24-41(25-21-39)49(36-19-37(3)38-15-11-10-12-16-38)42-26-22-40(23-27-42)48(18-14-9-7-5-2)44-30-34-46(51)35-31-44/h20-35,37-38,47-49H,4-19,36,50-51H2,1-3H3. The van der Waals surface area contributed by atoms with E-state index < -0.39 is 0 Å². The SMILES string of the molecule is CCCCCCC(c1ccc(N)cc1)c1ccc(C(CCC(C)C2CCCCC2)c2ccc(C(CCCCCC)c3ccc(N)cc3)cc2)cc1. The Balaban J connectivity index is 1.41. The Hall–Kier alpha value is -3.52. The van der Waals surface area contributed by atoms with Crippen molar-refractivity contribution in [3.05, 3.63) is 130 Å². The maximum atomic E-state index is 6.10. The Morgan fingerprint density at radius 2 is 0.765 bits per heavy atom. The van der Waals surface area contributed by atoms with E-state index in [1.807, 2.05) is 0 Å². The van der Waals surface area contributed by atoms with Crippen molar-refractivity contribution in [2.75, 3.05) is 11.5 Å². The summed E-state index contributed by atoms with van der Waals surface area (Å²) in [7, 11) is 0. The van der Waals surface area contributed by atoms with Crippen LogP contribution in [0.4, 0.5) is 11.4 Å². The lowest BCUT2D eigenvalue weighted by atomic mass is 9.76. The zero-order valence-corrected chi connectivity index (χ0v) is 32.3. The van der Waals surface area contributed by atoms with Crippen molar-refractivity contribution < 1.29 is 0 Å². The molecule has 0 aromatic heterocycles. The first-order chi connectivity index (χ1) is 25.0. The van der Waals surface area contributed by atoms with E-state index >= 15 is 0 Å². The van der Waals surface area contributed by atoms with Gasteiger partial charge in [0.25, 0.3) is 0 Å². The molecule has 4 aromatic rings. The van der Waals surface area contributed by atoms with Crippen LogP contribution in [0.2, 0.25) is 0 Å². The molecule has 51 heavy (non-hydrogen) atoms. The number of unbranched alkanes of at least 4 members (excludes halogenated alkanes) is 6. The molecule has 3 unspecified atom stereocenters. The summed E-state index contributed by atoms with van der Waals surface area (Å²) in [6.45, 7) is 7.12. The van der Waals surface area contributed by atoms with Gasteiger partial charge in [-0.1, -0.05) is 177 Å². The zero-order valence-electron chi connectivity index (χ0n) is 32.3. The molecule has 1 saturated carbocycles. The predicted molar refractivity (Wildman–Crippen MR) is 223 cm³/mol.